The van der Waals surface area contributed by atoms with E-state index < -0.39 is 5.97 Å². The van der Waals surface area contributed by atoms with Crippen molar-refractivity contribution in [3.63, 3.8) is 0 Å². The first kappa shape index (κ1) is 14.4. The smallest absolute Gasteiger partial charge is 0.306 e. The highest BCUT2D eigenvalue weighted by Crippen LogP contribution is 2.28. The summed E-state index contributed by atoms with van der Waals surface area (Å²) in [6.07, 6.45) is 3.13. The van der Waals surface area contributed by atoms with E-state index in [0.717, 1.165) is 12.8 Å². The van der Waals surface area contributed by atoms with Crippen LogP contribution in [-0.2, 0) is 4.79 Å². The van der Waals surface area contributed by atoms with E-state index in [-0.39, 0.29) is 11.8 Å². The van der Waals surface area contributed by atoms with Gasteiger partial charge in [-0.05, 0) is 55.9 Å². The number of amides is 1. The Kier molecular flexibility index (Phi) is 4.61. The van der Waals surface area contributed by atoms with Gasteiger partial charge in [0, 0.05) is 17.8 Å². The van der Waals surface area contributed by atoms with Crippen LogP contribution in [0, 0.1) is 11.8 Å². The van der Waals surface area contributed by atoms with Crippen LogP contribution in [0.4, 0.5) is 5.69 Å². The van der Waals surface area contributed by atoms with Crippen LogP contribution in [0.15, 0.2) is 24.3 Å². The second kappa shape index (κ2) is 6.41. The number of carbonyl (C=O) groups excluding carboxylic acids is 1. The predicted octanol–water partition coefficient (Wildman–Crippen LogP) is 1.89. The second-order valence-electron chi connectivity index (χ2n) is 5.39. The van der Waals surface area contributed by atoms with Gasteiger partial charge in [-0.1, -0.05) is 0 Å². The van der Waals surface area contributed by atoms with Crippen molar-refractivity contribution in [2.75, 3.05) is 12.3 Å². The number of nitrogens with two attached hydrogens (primary N) is 1. The molecule has 1 saturated carbocycles. The number of hydrogen-bond donors (Lipinski definition) is 3. The molecule has 1 aromatic carbocycles. The number of carboxylic acids is 1. The molecule has 0 aliphatic heterocycles. The fraction of sp³-hybridized carbons (Fsp3) is 0.467. The highest BCUT2D eigenvalue weighted by molar-refractivity contribution is 5.94. The molecule has 1 aromatic rings. The van der Waals surface area contributed by atoms with Gasteiger partial charge in [0.1, 0.15) is 0 Å². The quantitative estimate of drug-likeness (QED) is 0.732. The molecule has 0 heterocycles. The molecule has 1 aliphatic rings. The van der Waals surface area contributed by atoms with Gasteiger partial charge < -0.3 is 16.2 Å². The minimum Gasteiger partial charge on any atom is -0.481 e. The van der Waals surface area contributed by atoms with E-state index in [1.165, 1.54) is 0 Å². The third-order valence-corrected chi connectivity index (χ3v) is 3.92. The molecule has 0 saturated heterocycles. The Balaban J connectivity index is 1.77. The van der Waals surface area contributed by atoms with Crippen LogP contribution in [0.5, 0.6) is 0 Å². The largest absolute Gasteiger partial charge is 0.481 e. The maximum absolute atomic E-state index is 11.9. The number of rotatable bonds is 4. The number of nitrogen functional groups attached to an aromatic ring is 1. The molecule has 1 fully saturated rings. The normalized spacial score (nSPS) is 22.2. The van der Waals surface area contributed by atoms with Crippen LogP contribution in [0.3, 0.4) is 0 Å². The monoisotopic (exact) mass is 276 g/mol. The molecule has 0 bridgehead atoms. The third-order valence-electron chi connectivity index (χ3n) is 3.92. The highest BCUT2D eigenvalue weighted by atomic mass is 16.4. The van der Waals surface area contributed by atoms with Crippen molar-refractivity contribution in [3.8, 4) is 0 Å². The number of carboxylic acid groups (broad SMARTS) is 1. The summed E-state index contributed by atoms with van der Waals surface area (Å²) >= 11 is 0. The average molecular weight is 276 g/mol. The van der Waals surface area contributed by atoms with Gasteiger partial charge in [0.2, 0.25) is 0 Å². The fourth-order valence-corrected chi connectivity index (χ4v) is 2.59. The molecule has 1 amide bonds. The zero-order valence-corrected chi connectivity index (χ0v) is 11.3. The topological polar surface area (TPSA) is 92.4 Å². The van der Waals surface area contributed by atoms with Crippen molar-refractivity contribution < 1.29 is 14.7 Å². The molecular weight excluding hydrogens is 256 g/mol. The third kappa shape index (κ3) is 3.73. The maximum Gasteiger partial charge on any atom is 0.306 e. The predicted molar refractivity (Wildman–Crippen MR) is 76.3 cm³/mol. The zero-order chi connectivity index (χ0) is 14.5. The summed E-state index contributed by atoms with van der Waals surface area (Å²) in [6.45, 7) is 0.607. The summed E-state index contributed by atoms with van der Waals surface area (Å²) in [4.78, 5) is 22.8. The first-order chi connectivity index (χ1) is 9.56. The zero-order valence-electron chi connectivity index (χ0n) is 11.3. The van der Waals surface area contributed by atoms with Crippen LogP contribution in [0.25, 0.3) is 0 Å². The Hall–Kier alpha value is -2.04. The van der Waals surface area contributed by atoms with Crippen molar-refractivity contribution in [2.24, 2.45) is 11.8 Å². The van der Waals surface area contributed by atoms with E-state index in [1.807, 2.05) is 0 Å². The Bertz CT molecular complexity index is 476. The van der Waals surface area contributed by atoms with Crippen molar-refractivity contribution in [1.82, 2.24) is 5.32 Å². The maximum atomic E-state index is 11.9. The molecular formula is C15H20N2O3. The minimum absolute atomic E-state index is 0.106. The Labute approximate surface area is 118 Å². The molecule has 0 spiro atoms. The van der Waals surface area contributed by atoms with Crippen molar-refractivity contribution in [1.29, 1.82) is 0 Å². The SMILES string of the molecule is Nc1ccc(C(=O)NCC2CCC(C(=O)O)CC2)cc1. The summed E-state index contributed by atoms with van der Waals surface area (Å²) in [5.41, 5.74) is 6.80. The molecule has 5 nitrogen and oxygen atoms in total. The number of anilines is 1. The van der Waals surface area contributed by atoms with E-state index in [0.29, 0.717) is 36.6 Å². The number of nitrogens with one attached hydrogen (secondary N) is 1. The van der Waals surface area contributed by atoms with Gasteiger partial charge in [0.05, 0.1) is 5.92 Å². The summed E-state index contributed by atoms with van der Waals surface area (Å²) in [7, 11) is 0. The molecule has 0 atom stereocenters. The van der Waals surface area contributed by atoms with E-state index in [4.69, 9.17) is 10.8 Å². The van der Waals surface area contributed by atoms with Gasteiger partial charge in [-0.15, -0.1) is 0 Å². The molecule has 108 valence electrons. The Morgan fingerprint density at radius 1 is 1.15 bits per heavy atom. The molecule has 2 rings (SSSR count). The van der Waals surface area contributed by atoms with Gasteiger partial charge in [0.25, 0.3) is 5.91 Å². The van der Waals surface area contributed by atoms with Gasteiger partial charge in [0.15, 0.2) is 0 Å². The Morgan fingerprint density at radius 3 is 2.30 bits per heavy atom. The molecule has 0 unspecified atom stereocenters. The Morgan fingerprint density at radius 2 is 1.75 bits per heavy atom. The molecule has 0 aromatic heterocycles. The van der Waals surface area contributed by atoms with Gasteiger partial charge in [-0.2, -0.15) is 0 Å². The lowest BCUT2D eigenvalue weighted by molar-refractivity contribution is -0.143. The molecule has 1 aliphatic carbocycles. The summed E-state index contributed by atoms with van der Waals surface area (Å²) < 4.78 is 0. The highest BCUT2D eigenvalue weighted by Gasteiger charge is 2.25. The van der Waals surface area contributed by atoms with Gasteiger partial charge >= 0.3 is 5.97 Å². The van der Waals surface area contributed by atoms with E-state index in [9.17, 15) is 9.59 Å². The van der Waals surface area contributed by atoms with E-state index in [2.05, 4.69) is 5.32 Å². The van der Waals surface area contributed by atoms with Crippen molar-refractivity contribution in [2.45, 2.75) is 25.7 Å². The van der Waals surface area contributed by atoms with E-state index in [1.54, 1.807) is 24.3 Å². The molecule has 20 heavy (non-hydrogen) atoms. The lowest BCUT2D eigenvalue weighted by Crippen LogP contribution is -2.32. The summed E-state index contributed by atoms with van der Waals surface area (Å²) in [6, 6.07) is 6.80. The molecule has 4 N–H and O–H groups in total. The molecule has 0 radical (unpaired) electrons. The van der Waals surface area contributed by atoms with Crippen LogP contribution in [-0.4, -0.2) is 23.5 Å². The van der Waals surface area contributed by atoms with Crippen molar-refractivity contribution >= 4 is 17.6 Å². The fourth-order valence-electron chi connectivity index (χ4n) is 2.59. The van der Waals surface area contributed by atoms with Crippen LogP contribution >= 0.6 is 0 Å². The molecule has 5 heteroatoms. The van der Waals surface area contributed by atoms with Gasteiger partial charge in [-0.25, -0.2) is 0 Å². The first-order valence-electron chi connectivity index (χ1n) is 6.93. The van der Waals surface area contributed by atoms with Gasteiger partial charge in [-0.3, -0.25) is 9.59 Å². The van der Waals surface area contributed by atoms with Crippen LogP contribution in [0.2, 0.25) is 0 Å². The number of carbonyl (C=O) groups is 2. The van der Waals surface area contributed by atoms with E-state index >= 15 is 0 Å². The van der Waals surface area contributed by atoms with Crippen LogP contribution < -0.4 is 11.1 Å². The summed E-state index contributed by atoms with van der Waals surface area (Å²) in [5, 5.41) is 11.8. The minimum atomic E-state index is -0.700. The first-order valence-corrected chi connectivity index (χ1v) is 6.93. The number of benzene rings is 1. The lowest BCUT2D eigenvalue weighted by atomic mass is 9.82. The van der Waals surface area contributed by atoms with Crippen molar-refractivity contribution in [3.05, 3.63) is 29.8 Å². The standard InChI is InChI=1S/C15H20N2O3/c16-13-7-5-11(6-8-13)14(18)17-9-10-1-3-12(4-2-10)15(19)20/h5-8,10,12H,1-4,9,16H2,(H,17,18)(H,19,20). The number of aliphatic carboxylic acids is 1. The number of hydrogen-bond acceptors (Lipinski definition) is 3. The van der Waals surface area contributed by atoms with Crippen LogP contribution in [0.1, 0.15) is 36.0 Å². The second-order valence-corrected chi connectivity index (χ2v) is 5.39. The summed E-state index contributed by atoms with van der Waals surface area (Å²) in [5.74, 6) is -0.637. The lowest BCUT2D eigenvalue weighted by Gasteiger charge is -2.26. The average Bonchev–Trinajstić information content (AvgIpc) is 2.46.